The number of H-pyrrole nitrogens is 1. The van der Waals surface area contributed by atoms with E-state index in [4.69, 9.17) is 9.72 Å². The van der Waals surface area contributed by atoms with E-state index < -0.39 is 0 Å². The van der Waals surface area contributed by atoms with Crippen molar-refractivity contribution in [3.8, 4) is 5.19 Å². The molecular weight excluding hydrogens is 322 g/mol. The smallest absolute Gasteiger partial charge is 0.294 e. The number of fused-ring (bicyclic) bond motifs is 1. The molecule has 1 aliphatic heterocycles. The number of para-hydroxylation sites is 2. The van der Waals surface area contributed by atoms with Crippen LogP contribution < -0.4 is 4.74 Å². The Bertz CT molecular complexity index is 781. The minimum atomic E-state index is 0.449. The first-order valence-corrected chi connectivity index (χ1v) is 9.25. The van der Waals surface area contributed by atoms with E-state index in [0.29, 0.717) is 17.7 Å². The zero-order chi connectivity index (χ0) is 16.4. The molecular formula is C17H21N5OS. The van der Waals surface area contributed by atoms with Crippen molar-refractivity contribution in [2.45, 2.75) is 32.2 Å². The highest BCUT2D eigenvalue weighted by Gasteiger charge is 2.24. The summed E-state index contributed by atoms with van der Waals surface area (Å²) in [5.41, 5.74) is 2.17. The summed E-state index contributed by atoms with van der Waals surface area (Å²) in [5.74, 6) is 1.55. The van der Waals surface area contributed by atoms with Gasteiger partial charge in [0, 0.05) is 12.5 Å². The van der Waals surface area contributed by atoms with Crippen LogP contribution in [0.4, 0.5) is 0 Å². The summed E-state index contributed by atoms with van der Waals surface area (Å²) in [4.78, 5) is 10.7. The Morgan fingerprint density at radius 3 is 3.12 bits per heavy atom. The van der Waals surface area contributed by atoms with Crippen molar-refractivity contribution in [1.82, 2.24) is 25.1 Å². The molecule has 0 aliphatic carbocycles. The first-order valence-electron chi connectivity index (χ1n) is 8.44. The molecule has 24 heavy (non-hydrogen) atoms. The van der Waals surface area contributed by atoms with Crippen molar-refractivity contribution in [1.29, 1.82) is 0 Å². The lowest BCUT2D eigenvalue weighted by atomic mass is 9.97. The third-order valence-electron chi connectivity index (χ3n) is 4.37. The van der Waals surface area contributed by atoms with Gasteiger partial charge in [0.15, 0.2) is 0 Å². The van der Waals surface area contributed by atoms with Crippen LogP contribution in [-0.4, -0.2) is 44.8 Å². The second-order valence-electron chi connectivity index (χ2n) is 6.11. The number of aromatic nitrogens is 4. The summed E-state index contributed by atoms with van der Waals surface area (Å²) in [6.07, 6.45) is 2.36. The first-order chi connectivity index (χ1) is 11.8. The maximum absolute atomic E-state index is 5.41. The van der Waals surface area contributed by atoms with Crippen molar-refractivity contribution in [2.75, 3.05) is 19.7 Å². The number of benzene rings is 1. The van der Waals surface area contributed by atoms with Crippen LogP contribution in [0.15, 0.2) is 24.3 Å². The number of rotatable bonds is 5. The van der Waals surface area contributed by atoms with Crippen molar-refractivity contribution in [2.24, 2.45) is 0 Å². The van der Waals surface area contributed by atoms with E-state index in [1.54, 1.807) is 11.3 Å². The van der Waals surface area contributed by atoms with Crippen molar-refractivity contribution in [3.63, 3.8) is 0 Å². The Hall–Kier alpha value is -1.99. The number of nitrogens with one attached hydrogen (secondary N) is 1. The van der Waals surface area contributed by atoms with Crippen LogP contribution in [0.5, 0.6) is 5.19 Å². The Labute approximate surface area is 144 Å². The molecule has 2 aromatic heterocycles. The lowest BCUT2D eigenvalue weighted by molar-refractivity contribution is 0.196. The molecule has 0 unspecified atom stereocenters. The van der Waals surface area contributed by atoms with Crippen LogP contribution in [0.2, 0.25) is 0 Å². The Morgan fingerprint density at radius 2 is 2.25 bits per heavy atom. The minimum Gasteiger partial charge on any atom is -0.469 e. The van der Waals surface area contributed by atoms with Gasteiger partial charge in [-0.25, -0.2) is 4.98 Å². The monoisotopic (exact) mass is 343 g/mol. The molecule has 0 bridgehead atoms. The second-order valence-corrected chi connectivity index (χ2v) is 7.13. The fraction of sp³-hybridized carbons (Fsp3) is 0.471. The van der Waals surface area contributed by atoms with E-state index in [2.05, 4.69) is 32.2 Å². The highest BCUT2D eigenvalue weighted by molar-refractivity contribution is 7.13. The molecule has 0 spiro atoms. The van der Waals surface area contributed by atoms with Gasteiger partial charge in [-0.1, -0.05) is 23.5 Å². The first kappa shape index (κ1) is 15.5. The van der Waals surface area contributed by atoms with Gasteiger partial charge in [0.25, 0.3) is 5.19 Å². The van der Waals surface area contributed by atoms with E-state index in [-0.39, 0.29) is 0 Å². The van der Waals surface area contributed by atoms with E-state index in [9.17, 15) is 0 Å². The van der Waals surface area contributed by atoms with Crippen LogP contribution in [0.1, 0.15) is 36.5 Å². The number of ether oxygens (including phenoxy) is 1. The fourth-order valence-electron chi connectivity index (χ4n) is 3.26. The Kier molecular flexibility index (Phi) is 4.44. The highest BCUT2D eigenvalue weighted by atomic mass is 32.1. The third kappa shape index (κ3) is 3.27. The number of hydrogen-bond donors (Lipinski definition) is 1. The van der Waals surface area contributed by atoms with Crippen LogP contribution >= 0.6 is 11.3 Å². The normalized spacial score (nSPS) is 19.0. The van der Waals surface area contributed by atoms with Crippen molar-refractivity contribution >= 4 is 22.4 Å². The van der Waals surface area contributed by atoms with Gasteiger partial charge in [-0.3, -0.25) is 4.90 Å². The third-order valence-corrected chi connectivity index (χ3v) is 5.20. The largest absolute Gasteiger partial charge is 0.469 e. The zero-order valence-corrected chi connectivity index (χ0v) is 14.6. The predicted octanol–water partition coefficient (Wildman–Crippen LogP) is 3.19. The second kappa shape index (κ2) is 6.86. The quantitative estimate of drug-likeness (QED) is 0.770. The molecule has 3 heterocycles. The molecule has 4 rings (SSSR count). The summed E-state index contributed by atoms with van der Waals surface area (Å²) in [7, 11) is 0. The molecule has 0 amide bonds. The lowest BCUT2D eigenvalue weighted by Crippen LogP contribution is -2.34. The zero-order valence-electron chi connectivity index (χ0n) is 13.7. The van der Waals surface area contributed by atoms with Crippen LogP contribution in [0.3, 0.4) is 0 Å². The topological polar surface area (TPSA) is 66.9 Å². The van der Waals surface area contributed by atoms with Gasteiger partial charge >= 0.3 is 0 Å². The molecule has 7 heteroatoms. The van der Waals surface area contributed by atoms with Crippen LogP contribution in [0.25, 0.3) is 11.0 Å². The molecule has 1 fully saturated rings. The minimum absolute atomic E-state index is 0.449. The summed E-state index contributed by atoms with van der Waals surface area (Å²) < 4.78 is 5.41. The van der Waals surface area contributed by atoms with Gasteiger partial charge in [0.05, 0.1) is 24.2 Å². The standard InChI is InChI=1S/C17H21N5OS/c1-2-23-17-21-20-15(24-17)11-22-9-5-6-12(10-22)16-18-13-7-3-4-8-14(13)19-16/h3-4,7-8,12H,2,5-6,9-11H2,1H3,(H,18,19)/t12-/m0/s1. The van der Waals surface area contributed by atoms with Gasteiger partial charge in [-0.15, -0.1) is 10.2 Å². The van der Waals surface area contributed by atoms with Gasteiger partial charge in [-0.05, 0) is 38.4 Å². The SMILES string of the molecule is CCOc1nnc(CN2CCC[C@H](c3nc4ccccc4[nH]3)C2)s1. The number of piperidine rings is 1. The van der Waals surface area contributed by atoms with E-state index >= 15 is 0 Å². The molecule has 1 N–H and O–H groups in total. The predicted molar refractivity (Wildman–Crippen MR) is 94.4 cm³/mol. The number of hydrogen-bond acceptors (Lipinski definition) is 6. The average molecular weight is 343 g/mol. The lowest BCUT2D eigenvalue weighted by Gasteiger charge is -2.30. The molecule has 126 valence electrons. The highest BCUT2D eigenvalue weighted by Crippen LogP contribution is 2.28. The molecule has 1 saturated heterocycles. The summed E-state index contributed by atoms with van der Waals surface area (Å²) in [5, 5.41) is 10.0. The maximum Gasteiger partial charge on any atom is 0.294 e. The van der Waals surface area contributed by atoms with Gasteiger partial charge in [0.1, 0.15) is 10.8 Å². The summed E-state index contributed by atoms with van der Waals surface area (Å²) in [6.45, 7) is 5.53. The number of imidazole rings is 1. The average Bonchev–Trinajstić information content (AvgIpc) is 3.22. The molecule has 1 aliphatic rings. The van der Waals surface area contributed by atoms with Crippen LogP contribution in [-0.2, 0) is 6.54 Å². The van der Waals surface area contributed by atoms with E-state index in [1.165, 1.54) is 12.8 Å². The van der Waals surface area contributed by atoms with E-state index in [1.807, 2.05) is 19.1 Å². The molecule has 3 aromatic rings. The molecule has 0 radical (unpaired) electrons. The summed E-state index contributed by atoms with van der Waals surface area (Å²) in [6, 6.07) is 8.23. The van der Waals surface area contributed by atoms with Crippen LogP contribution in [0, 0.1) is 0 Å². The molecule has 6 nitrogen and oxygen atoms in total. The number of likely N-dealkylation sites (tertiary alicyclic amines) is 1. The Morgan fingerprint density at radius 1 is 1.33 bits per heavy atom. The molecule has 1 aromatic carbocycles. The van der Waals surface area contributed by atoms with Gasteiger partial charge in [0.2, 0.25) is 0 Å². The van der Waals surface area contributed by atoms with Gasteiger partial charge in [-0.2, -0.15) is 0 Å². The maximum atomic E-state index is 5.41. The van der Waals surface area contributed by atoms with Gasteiger partial charge < -0.3 is 9.72 Å². The summed E-state index contributed by atoms with van der Waals surface area (Å²) >= 11 is 1.54. The molecule has 1 atom stereocenters. The molecule has 0 saturated carbocycles. The van der Waals surface area contributed by atoms with Crippen molar-refractivity contribution in [3.05, 3.63) is 35.1 Å². The fourth-order valence-corrected chi connectivity index (χ4v) is 4.05. The number of aromatic amines is 1. The van der Waals surface area contributed by atoms with Crippen molar-refractivity contribution < 1.29 is 4.74 Å². The Balaban J connectivity index is 1.44. The number of nitrogens with zero attached hydrogens (tertiary/aromatic N) is 4. The van der Waals surface area contributed by atoms with E-state index in [0.717, 1.165) is 41.5 Å².